The van der Waals surface area contributed by atoms with Crippen LogP contribution in [-0.4, -0.2) is 18.1 Å². The van der Waals surface area contributed by atoms with Crippen molar-refractivity contribution in [3.8, 4) is 0 Å². The number of aryl methyl sites for hydroxylation is 1. The van der Waals surface area contributed by atoms with Crippen LogP contribution in [0.25, 0.3) is 0 Å². The first kappa shape index (κ1) is 14.7. The predicted octanol–water partition coefficient (Wildman–Crippen LogP) is 2.78. The maximum atomic E-state index is 13.7. The monoisotopic (exact) mass is 293 g/mol. The molecule has 0 radical (unpaired) electrons. The van der Waals surface area contributed by atoms with E-state index in [1.165, 1.54) is 26.3 Å². The third-order valence-corrected chi connectivity index (χ3v) is 2.85. The number of nitrogen functional groups attached to an aromatic ring is 1. The molecule has 0 bridgehead atoms. The van der Waals surface area contributed by atoms with Gasteiger partial charge in [-0.2, -0.15) is 0 Å². The second-order valence-electron chi connectivity index (χ2n) is 4.35. The number of nitrogens with one attached hydrogen (secondary N) is 1. The molecule has 0 saturated carbocycles. The van der Waals surface area contributed by atoms with Gasteiger partial charge in [-0.1, -0.05) is 0 Å². The molecule has 0 fully saturated rings. The molecule has 3 N–H and O–H groups in total. The van der Waals surface area contributed by atoms with Crippen LogP contribution in [0.15, 0.2) is 24.4 Å². The van der Waals surface area contributed by atoms with Gasteiger partial charge in [0.25, 0.3) is 0 Å². The number of hydrogen-bond donors (Lipinski definition) is 2. The maximum Gasteiger partial charge on any atom is 0.340 e. The summed E-state index contributed by atoms with van der Waals surface area (Å²) in [5.74, 6) is -1.69. The van der Waals surface area contributed by atoms with E-state index in [9.17, 15) is 13.6 Å². The van der Waals surface area contributed by atoms with E-state index in [2.05, 4.69) is 15.0 Å². The van der Waals surface area contributed by atoms with Gasteiger partial charge >= 0.3 is 5.97 Å². The van der Waals surface area contributed by atoms with Crippen molar-refractivity contribution in [1.82, 2.24) is 4.98 Å². The Bertz CT molecular complexity index is 705. The predicted molar refractivity (Wildman–Crippen MR) is 74.4 cm³/mol. The standard InChI is InChI=1S/C14H13F2N3O2/c1-7-3-10(16)12(5-9(7)15)19-13-4-8(14(20)21-2)11(17)6-18-13/h3-6H,17H2,1-2H3,(H,18,19). The average molecular weight is 293 g/mol. The maximum absolute atomic E-state index is 13.7. The molecule has 2 rings (SSSR count). The zero-order valence-corrected chi connectivity index (χ0v) is 11.4. The van der Waals surface area contributed by atoms with Crippen molar-refractivity contribution in [3.63, 3.8) is 0 Å². The van der Waals surface area contributed by atoms with Crippen molar-refractivity contribution in [2.24, 2.45) is 0 Å². The fraction of sp³-hybridized carbons (Fsp3) is 0.143. The molecule has 1 aromatic carbocycles. The number of carbonyl (C=O) groups is 1. The van der Waals surface area contributed by atoms with E-state index >= 15 is 0 Å². The second kappa shape index (κ2) is 5.74. The van der Waals surface area contributed by atoms with Gasteiger partial charge in [0.15, 0.2) is 0 Å². The Morgan fingerprint density at radius 3 is 2.67 bits per heavy atom. The summed E-state index contributed by atoms with van der Waals surface area (Å²) >= 11 is 0. The molecule has 0 amide bonds. The SMILES string of the molecule is COC(=O)c1cc(Nc2cc(F)c(C)cc2F)ncc1N. The molecule has 5 nitrogen and oxygen atoms in total. The molecule has 0 aliphatic carbocycles. The number of rotatable bonds is 3. The molecule has 1 heterocycles. The molecule has 21 heavy (non-hydrogen) atoms. The van der Waals surface area contributed by atoms with Gasteiger partial charge in [-0.15, -0.1) is 0 Å². The largest absolute Gasteiger partial charge is 0.465 e. The Labute approximate surface area is 119 Å². The minimum absolute atomic E-state index is 0.0861. The molecule has 0 saturated heterocycles. The Morgan fingerprint density at radius 1 is 1.29 bits per heavy atom. The van der Waals surface area contributed by atoms with E-state index in [4.69, 9.17) is 5.73 Å². The van der Waals surface area contributed by atoms with Gasteiger partial charge < -0.3 is 15.8 Å². The van der Waals surface area contributed by atoms with Crippen LogP contribution in [-0.2, 0) is 4.74 Å². The fourth-order valence-corrected chi connectivity index (χ4v) is 1.70. The summed E-state index contributed by atoms with van der Waals surface area (Å²) in [4.78, 5) is 15.4. The summed E-state index contributed by atoms with van der Waals surface area (Å²) in [6.45, 7) is 1.46. The first-order chi connectivity index (χ1) is 9.92. The van der Waals surface area contributed by atoms with Crippen molar-refractivity contribution >= 4 is 23.2 Å². The lowest BCUT2D eigenvalue weighted by Crippen LogP contribution is -2.08. The van der Waals surface area contributed by atoms with Gasteiger partial charge in [0.1, 0.15) is 17.5 Å². The average Bonchev–Trinajstić information content (AvgIpc) is 2.45. The number of ether oxygens (including phenoxy) is 1. The fourth-order valence-electron chi connectivity index (χ4n) is 1.70. The lowest BCUT2D eigenvalue weighted by atomic mass is 10.2. The van der Waals surface area contributed by atoms with Crippen LogP contribution in [0.3, 0.4) is 0 Å². The van der Waals surface area contributed by atoms with Crippen molar-refractivity contribution in [1.29, 1.82) is 0 Å². The number of nitrogens with zero attached hydrogens (tertiary/aromatic N) is 1. The van der Waals surface area contributed by atoms with Crippen LogP contribution in [0.2, 0.25) is 0 Å². The molecule has 0 spiro atoms. The van der Waals surface area contributed by atoms with Crippen molar-refractivity contribution in [2.75, 3.05) is 18.2 Å². The molecule has 2 aromatic rings. The highest BCUT2D eigenvalue weighted by molar-refractivity contribution is 5.95. The summed E-state index contributed by atoms with van der Waals surface area (Å²) < 4.78 is 31.8. The molecule has 110 valence electrons. The van der Waals surface area contributed by atoms with E-state index in [1.54, 1.807) is 0 Å². The summed E-state index contributed by atoms with van der Waals surface area (Å²) in [6.07, 6.45) is 1.23. The Morgan fingerprint density at radius 2 is 2.00 bits per heavy atom. The van der Waals surface area contributed by atoms with E-state index in [0.717, 1.165) is 12.1 Å². The number of halogens is 2. The Kier molecular flexibility index (Phi) is 4.02. The number of aromatic nitrogens is 1. The number of hydrogen-bond acceptors (Lipinski definition) is 5. The van der Waals surface area contributed by atoms with E-state index < -0.39 is 17.6 Å². The third kappa shape index (κ3) is 3.07. The van der Waals surface area contributed by atoms with Crippen molar-refractivity contribution < 1.29 is 18.3 Å². The summed E-state index contributed by atoms with van der Waals surface area (Å²) in [6, 6.07) is 3.38. The van der Waals surface area contributed by atoms with Crippen LogP contribution in [0.5, 0.6) is 0 Å². The highest BCUT2D eigenvalue weighted by atomic mass is 19.1. The second-order valence-corrected chi connectivity index (χ2v) is 4.35. The highest BCUT2D eigenvalue weighted by Gasteiger charge is 2.13. The van der Waals surface area contributed by atoms with Gasteiger partial charge in [-0.3, -0.25) is 0 Å². The molecular weight excluding hydrogens is 280 g/mol. The number of benzene rings is 1. The summed E-state index contributed by atoms with van der Waals surface area (Å²) in [7, 11) is 1.21. The minimum atomic E-state index is -0.645. The molecule has 0 aliphatic rings. The minimum Gasteiger partial charge on any atom is -0.465 e. The number of methoxy groups -OCH3 is 1. The van der Waals surface area contributed by atoms with E-state index in [0.29, 0.717) is 0 Å². The smallest absolute Gasteiger partial charge is 0.340 e. The number of carbonyl (C=O) groups excluding carboxylic acids is 1. The van der Waals surface area contributed by atoms with Crippen LogP contribution < -0.4 is 11.1 Å². The van der Waals surface area contributed by atoms with Gasteiger partial charge in [-0.25, -0.2) is 18.6 Å². The third-order valence-electron chi connectivity index (χ3n) is 2.85. The first-order valence-electron chi connectivity index (χ1n) is 5.99. The number of esters is 1. The summed E-state index contributed by atoms with van der Waals surface area (Å²) in [5.41, 5.74) is 5.92. The van der Waals surface area contributed by atoms with Crippen LogP contribution >= 0.6 is 0 Å². The molecule has 7 heteroatoms. The van der Waals surface area contributed by atoms with Crippen LogP contribution in [0, 0.1) is 18.6 Å². The van der Waals surface area contributed by atoms with Gasteiger partial charge in [0, 0.05) is 6.07 Å². The van der Waals surface area contributed by atoms with Crippen LogP contribution in [0.4, 0.5) is 26.0 Å². The normalized spacial score (nSPS) is 10.3. The topological polar surface area (TPSA) is 77.2 Å². The van der Waals surface area contributed by atoms with Gasteiger partial charge in [-0.05, 0) is 24.6 Å². The Hall–Kier alpha value is -2.70. The lowest BCUT2D eigenvalue weighted by molar-refractivity contribution is 0.0602. The van der Waals surface area contributed by atoms with E-state index in [1.807, 2.05) is 0 Å². The van der Waals surface area contributed by atoms with Gasteiger partial charge in [0.2, 0.25) is 0 Å². The van der Waals surface area contributed by atoms with E-state index in [-0.39, 0.29) is 28.3 Å². The van der Waals surface area contributed by atoms with Crippen molar-refractivity contribution in [3.05, 3.63) is 47.2 Å². The zero-order valence-electron chi connectivity index (χ0n) is 11.4. The number of pyridine rings is 1. The molecular formula is C14H13F2N3O2. The zero-order chi connectivity index (χ0) is 15.6. The molecule has 0 unspecified atom stereocenters. The number of nitrogens with two attached hydrogens (primary N) is 1. The van der Waals surface area contributed by atoms with Crippen LogP contribution in [0.1, 0.15) is 15.9 Å². The molecule has 1 aromatic heterocycles. The lowest BCUT2D eigenvalue weighted by Gasteiger charge is -2.10. The van der Waals surface area contributed by atoms with Crippen molar-refractivity contribution in [2.45, 2.75) is 6.92 Å². The first-order valence-corrected chi connectivity index (χ1v) is 5.99. The highest BCUT2D eigenvalue weighted by Crippen LogP contribution is 2.24. The quantitative estimate of drug-likeness (QED) is 0.851. The Balaban J connectivity index is 2.36. The summed E-state index contributed by atoms with van der Waals surface area (Å²) in [5, 5.41) is 2.60. The van der Waals surface area contributed by atoms with Gasteiger partial charge in [0.05, 0.1) is 30.2 Å². The number of anilines is 3. The molecule has 0 aliphatic heterocycles. The molecule has 0 atom stereocenters.